The number of aryl methyl sites for hydroxylation is 1. The molecule has 0 aliphatic carbocycles. The zero-order valence-corrected chi connectivity index (χ0v) is 19.7. The molecule has 1 saturated heterocycles. The number of hydrogen-bond donors (Lipinski definition) is 3. The Morgan fingerprint density at radius 1 is 1.25 bits per heavy atom. The van der Waals surface area contributed by atoms with Gasteiger partial charge in [0.2, 0.25) is 5.91 Å². The van der Waals surface area contributed by atoms with Gasteiger partial charge in [-0.3, -0.25) is 9.79 Å². The second-order valence-corrected chi connectivity index (χ2v) is 7.32. The number of pyridine rings is 1. The molecule has 0 unspecified atom stereocenters. The molecule has 1 amide bonds. The van der Waals surface area contributed by atoms with Crippen LogP contribution in [0.5, 0.6) is 0 Å². The normalized spacial score (nSPS) is 15.6. The van der Waals surface area contributed by atoms with E-state index >= 15 is 0 Å². The van der Waals surface area contributed by atoms with E-state index in [0.717, 1.165) is 37.0 Å². The number of carbonyl (C=O) groups is 1. The van der Waals surface area contributed by atoms with E-state index in [1.54, 1.807) is 13.2 Å². The molecule has 158 valence electrons. The standard InChI is InChI=1S/C20H34N6O.HI/c1-16-8-13-26(14-9-16)12-4-10-22-20(21-3)23-11-7-19(27)25-18-6-5-17(2)15-24-18;/h5-6,15-16H,4,7-14H2,1-3H3,(H2,21,22,23)(H,24,25,27);1H. The van der Waals surface area contributed by atoms with Crippen LogP contribution in [-0.2, 0) is 4.79 Å². The summed E-state index contributed by atoms with van der Waals surface area (Å²) in [7, 11) is 1.75. The molecule has 0 radical (unpaired) electrons. The average molecular weight is 502 g/mol. The summed E-state index contributed by atoms with van der Waals surface area (Å²) in [6, 6.07) is 3.74. The predicted molar refractivity (Wildman–Crippen MR) is 126 cm³/mol. The van der Waals surface area contributed by atoms with Gasteiger partial charge in [0, 0.05) is 32.8 Å². The number of hydrogen-bond acceptors (Lipinski definition) is 4. The highest BCUT2D eigenvalue weighted by atomic mass is 127. The minimum Gasteiger partial charge on any atom is -0.356 e. The predicted octanol–water partition coefficient (Wildman–Crippen LogP) is 2.62. The Bertz CT molecular complexity index is 599. The van der Waals surface area contributed by atoms with Crippen molar-refractivity contribution >= 4 is 41.7 Å². The third kappa shape index (κ3) is 9.68. The summed E-state index contributed by atoms with van der Waals surface area (Å²) in [5.41, 5.74) is 1.07. The monoisotopic (exact) mass is 502 g/mol. The highest BCUT2D eigenvalue weighted by Gasteiger charge is 2.14. The maximum Gasteiger partial charge on any atom is 0.227 e. The van der Waals surface area contributed by atoms with Gasteiger partial charge in [-0.25, -0.2) is 4.98 Å². The number of nitrogens with one attached hydrogen (secondary N) is 3. The average Bonchev–Trinajstić information content (AvgIpc) is 2.67. The number of piperidine rings is 1. The van der Waals surface area contributed by atoms with Crippen LogP contribution in [0.2, 0.25) is 0 Å². The van der Waals surface area contributed by atoms with Crippen LogP contribution in [0.1, 0.15) is 38.2 Å². The van der Waals surface area contributed by atoms with Crippen molar-refractivity contribution in [3.63, 3.8) is 0 Å². The Labute approximate surface area is 186 Å². The summed E-state index contributed by atoms with van der Waals surface area (Å²) in [5, 5.41) is 9.30. The quantitative estimate of drug-likeness (QED) is 0.221. The second kappa shape index (κ2) is 13.7. The van der Waals surface area contributed by atoms with Gasteiger partial charge < -0.3 is 20.9 Å². The van der Waals surface area contributed by atoms with Crippen LogP contribution in [0.3, 0.4) is 0 Å². The van der Waals surface area contributed by atoms with Crippen LogP contribution in [0.25, 0.3) is 0 Å². The third-order valence-electron chi connectivity index (χ3n) is 4.87. The topological polar surface area (TPSA) is 81.7 Å². The Kier molecular flexibility index (Phi) is 12.1. The first-order valence-electron chi connectivity index (χ1n) is 9.96. The largest absolute Gasteiger partial charge is 0.356 e. The summed E-state index contributed by atoms with van der Waals surface area (Å²) >= 11 is 0. The highest BCUT2D eigenvalue weighted by Crippen LogP contribution is 2.15. The number of anilines is 1. The summed E-state index contributed by atoms with van der Waals surface area (Å²) < 4.78 is 0. The van der Waals surface area contributed by atoms with Crippen LogP contribution in [-0.4, -0.2) is 61.5 Å². The summed E-state index contributed by atoms with van der Waals surface area (Å²) in [6.07, 6.45) is 5.83. The summed E-state index contributed by atoms with van der Waals surface area (Å²) in [5.74, 6) is 2.14. The Morgan fingerprint density at radius 3 is 2.61 bits per heavy atom. The van der Waals surface area contributed by atoms with Gasteiger partial charge in [-0.05, 0) is 63.4 Å². The van der Waals surface area contributed by atoms with Gasteiger partial charge in [-0.1, -0.05) is 13.0 Å². The van der Waals surface area contributed by atoms with E-state index in [1.165, 1.54) is 25.9 Å². The van der Waals surface area contributed by atoms with Crippen molar-refractivity contribution in [1.29, 1.82) is 0 Å². The number of guanidine groups is 1. The van der Waals surface area contributed by atoms with Gasteiger partial charge >= 0.3 is 0 Å². The Balaban J connectivity index is 0.00000392. The zero-order valence-electron chi connectivity index (χ0n) is 17.3. The fourth-order valence-electron chi connectivity index (χ4n) is 3.06. The van der Waals surface area contributed by atoms with Crippen LogP contribution in [0, 0.1) is 12.8 Å². The maximum absolute atomic E-state index is 12.0. The van der Waals surface area contributed by atoms with Gasteiger partial charge in [0.1, 0.15) is 5.82 Å². The van der Waals surface area contributed by atoms with Crippen LogP contribution in [0.4, 0.5) is 5.82 Å². The Morgan fingerprint density at radius 2 is 1.96 bits per heavy atom. The molecule has 8 heteroatoms. The molecule has 28 heavy (non-hydrogen) atoms. The Hall–Kier alpha value is -1.42. The van der Waals surface area contributed by atoms with E-state index in [2.05, 4.69) is 37.8 Å². The van der Waals surface area contributed by atoms with E-state index in [4.69, 9.17) is 0 Å². The smallest absolute Gasteiger partial charge is 0.227 e. The number of aromatic nitrogens is 1. The lowest BCUT2D eigenvalue weighted by molar-refractivity contribution is -0.116. The molecule has 0 bridgehead atoms. The third-order valence-corrected chi connectivity index (χ3v) is 4.87. The SMILES string of the molecule is CN=C(NCCCN1CCC(C)CC1)NCCC(=O)Nc1ccc(C)cn1.I. The van der Waals surface area contributed by atoms with Crippen molar-refractivity contribution in [3.8, 4) is 0 Å². The zero-order chi connectivity index (χ0) is 19.5. The van der Waals surface area contributed by atoms with Gasteiger partial charge in [-0.2, -0.15) is 0 Å². The number of carbonyl (C=O) groups excluding carboxylic acids is 1. The highest BCUT2D eigenvalue weighted by molar-refractivity contribution is 14.0. The van der Waals surface area contributed by atoms with E-state index in [0.29, 0.717) is 18.8 Å². The molecule has 1 aliphatic rings. The molecule has 7 nitrogen and oxygen atoms in total. The minimum absolute atomic E-state index is 0. The van der Waals surface area contributed by atoms with E-state index in [1.807, 2.05) is 19.1 Å². The maximum atomic E-state index is 12.0. The summed E-state index contributed by atoms with van der Waals surface area (Å²) in [4.78, 5) is 22.9. The van der Waals surface area contributed by atoms with Crippen molar-refractivity contribution in [3.05, 3.63) is 23.9 Å². The number of rotatable bonds is 8. The van der Waals surface area contributed by atoms with Gasteiger partial charge in [0.05, 0.1) is 0 Å². The molecule has 2 rings (SSSR count). The first-order chi connectivity index (χ1) is 13.1. The van der Waals surface area contributed by atoms with E-state index in [-0.39, 0.29) is 29.9 Å². The number of halogens is 1. The molecular formula is C20H35IN6O. The minimum atomic E-state index is -0.0615. The molecule has 0 aromatic carbocycles. The molecule has 0 spiro atoms. The molecule has 1 aromatic heterocycles. The molecule has 0 atom stereocenters. The first kappa shape index (κ1) is 24.6. The number of amides is 1. The van der Waals surface area contributed by atoms with Crippen LogP contribution >= 0.6 is 24.0 Å². The van der Waals surface area contributed by atoms with Gasteiger partial charge in [0.15, 0.2) is 5.96 Å². The fourth-order valence-corrected chi connectivity index (χ4v) is 3.06. The molecule has 2 heterocycles. The lowest BCUT2D eigenvalue weighted by Crippen LogP contribution is -2.40. The van der Waals surface area contributed by atoms with Crippen LogP contribution < -0.4 is 16.0 Å². The van der Waals surface area contributed by atoms with E-state index in [9.17, 15) is 4.79 Å². The van der Waals surface area contributed by atoms with Crippen molar-refractivity contribution in [2.24, 2.45) is 10.9 Å². The molecule has 0 saturated carbocycles. The van der Waals surface area contributed by atoms with Crippen molar-refractivity contribution in [2.75, 3.05) is 45.1 Å². The van der Waals surface area contributed by atoms with Gasteiger partial charge in [-0.15, -0.1) is 24.0 Å². The molecule has 3 N–H and O–H groups in total. The lowest BCUT2D eigenvalue weighted by Gasteiger charge is -2.30. The van der Waals surface area contributed by atoms with Crippen LogP contribution in [0.15, 0.2) is 23.3 Å². The number of nitrogens with zero attached hydrogens (tertiary/aromatic N) is 3. The van der Waals surface area contributed by atoms with Gasteiger partial charge in [0.25, 0.3) is 0 Å². The lowest BCUT2D eigenvalue weighted by atomic mass is 9.99. The fraction of sp³-hybridized carbons (Fsp3) is 0.650. The molecular weight excluding hydrogens is 467 g/mol. The first-order valence-corrected chi connectivity index (χ1v) is 9.96. The molecule has 1 aliphatic heterocycles. The number of likely N-dealkylation sites (tertiary alicyclic amines) is 1. The summed E-state index contributed by atoms with van der Waals surface area (Å²) in [6.45, 7) is 9.29. The van der Waals surface area contributed by atoms with Crippen molar-refractivity contribution in [1.82, 2.24) is 20.5 Å². The number of aliphatic imine (C=N–C) groups is 1. The van der Waals surface area contributed by atoms with E-state index < -0.39 is 0 Å². The molecule has 1 aromatic rings. The van der Waals surface area contributed by atoms with Crippen molar-refractivity contribution < 1.29 is 4.79 Å². The second-order valence-electron chi connectivity index (χ2n) is 7.32. The molecule has 1 fully saturated rings. The van der Waals surface area contributed by atoms with Crippen molar-refractivity contribution in [2.45, 2.75) is 39.5 Å².